The Balaban J connectivity index is 1.86. The largest absolute Gasteiger partial charge is 0.333 e. The lowest BCUT2D eigenvalue weighted by molar-refractivity contribution is -0.135. The van der Waals surface area contributed by atoms with Crippen LogP contribution >= 0.6 is 11.3 Å². The fraction of sp³-hybridized carbons (Fsp3) is 0.286. The number of nitrogens with zero attached hydrogens (tertiary/aromatic N) is 1. The van der Waals surface area contributed by atoms with Crippen molar-refractivity contribution in [3.8, 4) is 11.8 Å². The van der Waals surface area contributed by atoms with Crippen LogP contribution in [0.2, 0.25) is 0 Å². The molecule has 1 aliphatic heterocycles. The second-order valence-electron chi connectivity index (χ2n) is 6.83. The third-order valence-electron chi connectivity index (χ3n) is 5.01. The highest BCUT2D eigenvalue weighted by atomic mass is 32.1. The molecule has 1 fully saturated rings. The highest BCUT2D eigenvalue weighted by molar-refractivity contribution is 7.25. The highest BCUT2D eigenvalue weighted by Crippen LogP contribution is 2.38. The summed E-state index contributed by atoms with van der Waals surface area (Å²) < 4.78 is 2.54. The van der Waals surface area contributed by atoms with Gasteiger partial charge in [0.15, 0.2) is 0 Å². The molecule has 4 rings (SSSR count). The third kappa shape index (κ3) is 2.70. The number of thiophene rings is 1. The van der Waals surface area contributed by atoms with Crippen molar-refractivity contribution < 1.29 is 4.79 Å². The van der Waals surface area contributed by atoms with E-state index in [1.807, 2.05) is 14.0 Å². The van der Waals surface area contributed by atoms with Crippen LogP contribution in [-0.4, -0.2) is 24.5 Å². The Morgan fingerprint density at radius 1 is 1.16 bits per heavy atom. The minimum atomic E-state index is -0.327. The van der Waals surface area contributed by atoms with E-state index in [4.69, 9.17) is 0 Å². The second-order valence-corrected chi connectivity index (χ2v) is 7.92. The normalized spacial score (nSPS) is 20.8. The standard InChI is InChI=1S/C21H20N2OS/c1-4-5-14-6-8-18-16(10-14)17-11-15(7-9-19(17)25-18)21(2)12-20(24)23(3)13-22-21/h6-11,22H,12-13H2,1-3H3. The molecule has 0 spiro atoms. The summed E-state index contributed by atoms with van der Waals surface area (Å²) in [5.74, 6) is 6.29. The number of amides is 1. The van der Waals surface area contributed by atoms with Crippen LogP contribution in [0.4, 0.5) is 0 Å². The topological polar surface area (TPSA) is 32.3 Å². The lowest BCUT2D eigenvalue weighted by atomic mass is 9.86. The Morgan fingerprint density at radius 2 is 1.88 bits per heavy atom. The summed E-state index contributed by atoms with van der Waals surface area (Å²) in [6.45, 7) is 4.55. The van der Waals surface area contributed by atoms with Crippen molar-refractivity contribution in [3.63, 3.8) is 0 Å². The number of fused-ring (bicyclic) bond motifs is 3. The van der Waals surface area contributed by atoms with E-state index in [9.17, 15) is 4.79 Å². The Kier molecular flexibility index (Phi) is 3.79. The molecule has 2 heterocycles. The predicted octanol–water partition coefficient (Wildman–Crippen LogP) is 4.05. The SMILES string of the molecule is CC#Cc1ccc2sc3ccc(C4(C)CC(=O)N(C)CN4)cc3c2c1. The quantitative estimate of drug-likeness (QED) is 0.673. The first-order chi connectivity index (χ1) is 12.0. The van der Waals surface area contributed by atoms with Gasteiger partial charge in [-0.2, -0.15) is 0 Å². The van der Waals surface area contributed by atoms with Crippen LogP contribution in [0.15, 0.2) is 36.4 Å². The molecule has 3 aromatic rings. The summed E-state index contributed by atoms with van der Waals surface area (Å²) in [6, 6.07) is 13.0. The van der Waals surface area contributed by atoms with E-state index in [1.165, 1.54) is 20.2 Å². The molecule has 1 saturated heterocycles. The number of nitrogens with one attached hydrogen (secondary N) is 1. The number of hydrogen-bond donors (Lipinski definition) is 1. The molecule has 0 bridgehead atoms. The van der Waals surface area contributed by atoms with Gasteiger partial charge in [-0.1, -0.05) is 12.0 Å². The van der Waals surface area contributed by atoms with Gasteiger partial charge in [0.2, 0.25) is 5.91 Å². The number of benzene rings is 2. The number of carbonyl (C=O) groups excluding carboxylic acids is 1. The van der Waals surface area contributed by atoms with Crippen LogP contribution in [0.25, 0.3) is 20.2 Å². The summed E-state index contributed by atoms with van der Waals surface area (Å²) in [7, 11) is 1.83. The average Bonchev–Trinajstić information content (AvgIpc) is 2.96. The molecular weight excluding hydrogens is 328 g/mol. The maximum atomic E-state index is 12.2. The summed E-state index contributed by atoms with van der Waals surface area (Å²) >= 11 is 1.80. The lowest BCUT2D eigenvalue weighted by Crippen LogP contribution is -2.54. The van der Waals surface area contributed by atoms with Crippen molar-refractivity contribution in [3.05, 3.63) is 47.5 Å². The molecular formula is C21H20N2OS. The molecule has 0 saturated carbocycles. The molecule has 1 unspecified atom stereocenters. The molecule has 126 valence electrons. The molecule has 1 N–H and O–H groups in total. The van der Waals surface area contributed by atoms with Crippen LogP contribution < -0.4 is 5.32 Å². The molecule has 1 aromatic heterocycles. The van der Waals surface area contributed by atoms with Crippen molar-refractivity contribution in [2.75, 3.05) is 13.7 Å². The number of hydrogen-bond acceptors (Lipinski definition) is 3. The van der Waals surface area contributed by atoms with E-state index >= 15 is 0 Å². The summed E-state index contributed by atoms with van der Waals surface area (Å²) in [6.07, 6.45) is 0.476. The molecule has 25 heavy (non-hydrogen) atoms. The summed E-state index contributed by atoms with van der Waals surface area (Å²) in [5, 5.41) is 6.00. The minimum Gasteiger partial charge on any atom is -0.333 e. The minimum absolute atomic E-state index is 0.178. The van der Waals surface area contributed by atoms with Gasteiger partial charge in [-0.15, -0.1) is 17.3 Å². The molecule has 3 nitrogen and oxygen atoms in total. The fourth-order valence-electron chi connectivity index (χ4n) is 3.43. The van der Waals surface area contributed by atoms with Gasteiger partial charge in [0.1, 0.15) is 0 Å². The molecule has 2 aromatic carbocycles. The molecule has 0 aliphatic carbocycles. The highest BCUT2D eigenvalue weighted by Gasteiger charge is 2.35. The van der Waals surface area contributed by atoms with Gasteiger partial charge in [0.05, 0.1) is 12.2 Å². The van der Waals surface area contributed by atoms with Gasteiger partial charge in [0, 0.05) is 39.2 Å². The van der Waals surface area contributed by atoms with Crippen LogP contribution in [0.1, 0.15) is 31.4 Å². The zero-order valence-corrected chi connectivity index (χ0v) is 15.5. The first-order valence-electron chi connectivity index (χ1n) is 8.39. The smallest absolute Gasteiger partial charge is 0.225 e. The fourth-order valence-corrected chi connectivity index (χ4v) is 4.49. The zero-order chi connectivity index (χ0) is 17.6. The van der Waals surface area contributed by atoms with E-state index in [-0.39, 0.29) is 11.4 Å². The van der Waals surface area contributed by atoms with Crippen LogP contribution in [0.3, 0.4) is 0 Å². The Morgan fingerprint density at radius 3 is 2.60 bits per heavy atom. The Labute approximate surface area is 151 Å². The Hall–Kier alpha value is -2.35. The van der Waals surface area contributed by atoms with Crippen molar-refractivity contribution in [2.45, 2.75) is 25.8 Å². The van der Waals surface area contributed by atoms with E-state index < -0.39 is 0 Å². The molecule has 1 atom stereocenters. The molecule has 1 amide bonds. The van der Waals surface area contributed by atoms with Crippen molar-refractivity contribution in [1.82, 2.24) is 10.2 Å². The van der Waals surface area contributed by atoms with E-state index in [0.29, 0.717) is 13.1 Å². The van der Waals surface area contributed by atoms with E-state index in [0.717, 1.165) is 11.1 Å². The van der Waals surface area contributed by atoms with Gasteiger partial charge in [0.25, 0.3) is 0 Å². The van der Waals surface area contributed by atoms with E-state index in [2.05, 4.69) is 60.5 Å². The van der Waals surface area contributed by atoms with Gasteiger partial charge < -0.3 is 4.90 Å². The first kappa shape index (κ1) is 16.1. The molecule has 0 radical (unpaired) electrons. The maximum absolute atomic E-state index is 12.2. The average molecular weight is 348 g/mol. The second kappa shape index (κ2) is 5.87. The van der Waals surface area contributed by atoms with E-state index in [1.54, 1.807) is 16.2 Å². The summed E-state index contributed by atoms with van der Waals surface area (Å²) in [5.41, 5.74) is 1.87. The monoisotopic (exact) mass is 348 g/mol. The van der Waals surface area contributed by atoms with Crippen LogP contribution in [0.5, 0.6) is 0 Å². The van der Waals surface area contributed by atoms with Crippen LogP contribution in [-0.2, 0) is 10.3 Å². The molecule has 4 heteroatoms. The van der Waals surface area contributed by atoms with Crippen molar-refractivity contribution >= 4 is 37.4 Å². The maximum Gasteiger partial charge on any atom is 0.225 e. The van der Waals surface area contributed by atoms with Gasteiger partial charge in [-0.25, -0.2) is 0 Å². The molecule has 1 aliphatic rings. The van der Waals surface area contributed by atoms with Crippen molar-refractivity contribution in [2.24, 2.45) is 0 Å². The summed E-state index contributed by atoms with van der Waals surface area (Å²) in [4.78, 5) is 13.9. The first-order valence-corrected chi connectivity index (χ1v) is 9.20. The third-order valence-corrected chi connectivity index (χ3v) is 6.16. The van der Waals surface area contributed by atoms with Gasteiger partial charge >= 0.3 is 0 Å². The zero-order valence-electron chi connectivity index (χ0n) is 14.6. The van der Waals surface area contributed by atoms with Crippen LogP contribution in [0, 0.1) is 11.8 Å². The Bertz CT molecular complexity index is 1060. The predicted molar refractivity (Wildman–Crippen MR) is 105 cm³/mol. The lowest BCUT2D eigenvalue weighted by Gasteiger charge is -2.39. The van der Waals surface area contributed by atoms with Crippen molar-refractivity contribution in [1.29, 1.82) is 0 Å². The van der Waals surface area contributed by atoms with Gasteiger partial charge in [-0.05, 0) is 49.7 Å². The van der Waals surface area contributed by atoms with Gasteiger partial charge in [-0.3, -0.25) is 10.1 Å². The number of carbonyl (C=O) groups is 1. The number of rotatable bonds is 1.